The predicted octanol–water partition coefficient (Wildman–Crippen LogP) is 0.464. The van der Waals surface area contributed by atoms with Crippen LogP contribution >= 0.6 is 0 Å². The molecule has 6 heteroatoms. The average molecular weight is 260 g/mol. The number of hydrogen-bond acceptors (Lipinski definition) is 4. The van der Waals surface area contributed by atoms with E-state index >= 15 is 0 Å². The van der Waals surface area contributed by atoms with Crippen LogP contribution < -0.4 is 0 Å². The normalized spacial score (nSPS) is 34.8. The van der Waals surface area contributed by atoms with E-state index in [9.17, 15) is 9.59 Å². The monoisotopic (exact) mass is 260 g/mol. The molecule has 0 aromatic carbocycles. The second kappa shape index (κ2) is 6.70. The molecule has 0 radical (unpaired) electrons. The molecule has 2 saturated carbocycles. The van der Waals surface area contributed by atoms with Crippen molar-refractivity contribution in [1.29, 1.82) is 0 Å². The maximum Gasteiger partial charge on any atom is 0.306 e. The molecule has 6 nitrogen and oxygen atoms in total. The van der Waals surface area contributed by atoms with E-state index in [1.165, 1.54) is 0 Å². The highest BCUT2D eigenvalue weighted by Gasteiger charge is 2.28. The number of aliphatic hydroxyl groups is 2. The summed E-state index contributed by atoms with van der Waals surface area (Å²) in [5.41, 5.74) is 0. The van der Waals surface area contributed by atoms with Crippen LogP contribution in [0.5, 0.6) is 0 Å². The standard InChI is InChI=1S/2C6H10O3/c2*7-5-2-1-4(3-5)6(8)9/h2*4-5,7H,1-3H2,(H,8,9)/t2*4-,5+/m10/s1. The van der Waals surface area contributed by atoms with Crippen molar-refractivity contribution in [1.82, 2.24) is 0 Å². The van der Waals surface area contributed by atoms with Gasteiger partial charge in [0.2, 0.25) is 0 Å². The molecule has 2 aliphatic rings. The van der Waals surface area contributed by atoms with Gasteiger partial charge in [-0.1, -0.05) is 0 Å². The van der Waals surface area contributed by atoms with Gasteiger partial charge in [0, 0.05) is 0 Å². The first-order valence-corrected chi connectivity index (χ1v) is 6.22. The van der Waals surface area contributed by atoms with Crippen molar-refractivity contribution in [3.05, 3.63) is 0 Å². The fraction of sp³-hybridized carbons (Fsp3) is 0.833. The molecule has 0 aromatic rings. The van der Waals surface area contributed by atoms with Gasteiger partial charge in [-0.25, -0.2) is 0 Å². The lowest BCUT2D eigenvalue weighted by atomic mass is 10.1. The summed E-state index contributed by atoms with van der Waals surface area (Å²) in [6.45, 7) is 0. The van der Waals surface area contributed by atoms with Gasteiger partial charge in [-0.2, -0.15) is 0 Å². The minimum absolute atomic E-state index is 0.292. The molecule has 2 aliphatic carbocycles. The third-order valence-electron chi connectivity index (χ3n) is 3.51. The summed E-state index contributed by atoms with van der Waals surface area (Å²) in [7, 11) is 0. The lowest BCUT2D eigenvalue weighted by molar-refractivity contribution is -0.142. The van der Waals surface area contributed by atoms with E-state index in [4.69, 9.17) is 20.4 Å². The van der Waals surface area contributed by atoms with Crippen molar-refractivity contribution < 1.29 is 30.0 Å². The molecular formula is C12H20O6. The van der Waals surface area contributed by atoms with Crippen molar-refractivity contribution in [2.75, 3.05) is 0 Å². The lowest BCUT2D eigenvalue weighted by Crippen LogP contribution is -2.10. The molecule has 0 amide bonds. The zero-order chi connectivity index (χ0) is 13.7. The maximum absolute atomic E-state index is 10.2. The van der Waals surface area contributed by atoms with Crippen LogP contribution in [0.15, 0.2) is 0 Å². The van der Waals surface area contributed by atoms with Crippen LogP contribution in [-0.2, 0) is 9.59 Å². The predicted molar refractivity (Wildman–Crippen MR) is 62.0 cm³/mol. The van der Waals surface area contributed by atoms with Crippen LogP contribution in [0.1, 0.15) is 38.5 Å². The molecule has 18 heavy (non-hydrogen) atoms. The Morgan fingerprint density at radius 3 is 1.17 bits per heavy atom. The minimum Gasteiger partial charge on any atom is -0.481 e. The van der Waals surface area contributed by atoms with Crippen molar-refractivity contribution in [2.24, 2.45) is 11.8 Å². The van der Waals surface area contributed by atoms with Gasteiger partial charge in [0.1, 0.15) is 0 Å². The highest BCUT2D eigenvalue weighted by molar-refractivity contribution is 5.70. The number of aliphatic carboxylic acids is 2. The third-order valence-corrected chi connectivity index (χ3v) is 3.51. The van der Waals surface area contributed by atoms with Gasteiger partial charge in [0.25, 0.3) is 0 Å². The Hall–Kier alpha value is -1.14. The largest absolute Gasteiger partial charge is 0.481 e. The number of carbonyl (C=O) groups is 2. The van der Waals surface area contributed by atoms with Crippen LogP contribution in [0, 0.1) is 11.8 Å². The highest BCUT2D eigenvalue weighted by atomic mass is 16.4. The second-order valence-electron chi connectivity index (χ2n) is 5.00. The quantitative estimate of drug-likeness (QED) is 0.573. The topological polar surface area (TPSA) is 115 Å². The molecule has 4 N–H and O–H groups in total. The van der Waals surface area contributed by atoms with Crippen LogP contribution in [0.4, 0.5) is 0 Å². The van der Waals surface area contributed by atoms with Crippen molar-refractivity contribution in [3.8, 4) is 0 Å². The fourth-order valence-corrected chi connectivity index (χ4v) is 2.36. The first-order valence-electron chi connectivity index (χ1n) is 6.22. The summed E-state index contributed by atoms with van der Waals surface area (Å²) in [4.78, 5) is 20.5. The first kappa shape index (κ1) is 14.9. The van der Waals surface area contributed by atoms with Gasteiger partial charge in [0.05, 0.1) is 24.0 Å². The molecule has 0 aliphatic heterocycles. The molecule has 0 heterocycles. The van der Waals surface area contributed by atoms with Crippen LogP contribution in [-0.4, -0.2) is 44.6 Å². The Bertz CT molecular complexity index is 273. The van der Waals surface area contributed by atoms with Crippen molar-refractivity contribution in [3.63, 3.8) is 0 Å². The van der Waals surface area contributed by atoms with E-state index in [-0.39, 0.29) is 24.0 Å². The molecule has 0 saturated heterocycles. The van der Waals surface area contributed by atoms with E-state index in [0.717, 1.165) is 0 Å². The summed E-state index contributed by atoms with van der Waals surface area (Å²) in [5, 5.41) is 34.6. The Morgan fingerprint density at radius 1 is 0.722 bits per heavy atom. The molecule has 0 spiro atoms. The summed E-state index contributed by atoms with van der Waals surface area (Å²) in [6.07, 6.45) is 2.71. The molecule has 2 fully saturated rings. The van der Waals surface area contributed by atoms with E-state index in [1.807, 2.05) is 0 Å². The lowest BCUT2D eigenvalue weighted by Gasteiger charge is -1.99. The molecule has 4 atom stereocenters. The molecular weight excluding hydrogens is 240 g/mol. The van der Waals surface area contributed by atoms with Crippen LogP contribution in [0.3, 0.4) is 0 Å². The zero-order valence-electron chi connectivity index (χ0n) is 10.2. The summed E-state index contributed by atoms with van der Waals surface area (Å²) < 4.78 is 0. The maximum atomic E-state index is 10.2. The van der Waals surface area contributed by atoms with Crippen molar-refractivity contribution >= 4 is 11.9 Å². The summed E-state index contributed by atoms with van der Waals surface area (Å²) in [6, 6.07) is 0. The Morgan fingerprint density at radius 2 is 1.06 bits per heavy atom. The van der Waals surface area contributed by atoms with Gasteiger partial charge in [0.15, 0.2) is 0 Å². The SMILES string of the molecule is O=C(O)[C@@H]1CC[C@H](O)C1.O=C(O)[C@H]1CC[C@@H](O)C1. The smallest absolute Gasteiger partial charge is 0.306 e. The van der Waals surface area contributed by atoms with Crippen molar-refractivity contribution in [2.45, 2.75) is 50.7 Å². The Balaban J connectivity index is 0.000000180. The number of rotatable bonds is 2. The van der Waals surface area contributed by atoms with Gasteiger partial charge in [-0.05, 0) is 38.5 Å². The molecule has 0 aromatic heterocycles. The van der Waals surface area contributed by atoms with Gasteiger partial charge >= 0.3 is 11.9 Å². The second-order valence-corrected chi connectivity index (χ2v) is 5.00. The van der Waals surface area contributed by atoms with Gasteiger partial charge < -0.3 is 20.4 Å². The average Bonchev–Trinajstić information content (AvgIpc) is 2.88. The molecule has 104 valence electrons. The summed E-state index contributed by atoms with van der Waals surface area (Å²) >= 11 is 0. The summed E-state index contributed by atoms with van der Waals surface area (Å²) in [5.74, 6) is -2.13. The minimum atomic E-state index is -0.772. The molecule has 2 rings (SSSR count). The third kappa shape index (κ3) is 4.62. The number of hydrogen-bond donors (Lipinski definition) is 4. The first-order chi connectivity index (χ1) is 8.40. The van der Waals surface area contributed by atoms with Crippen LogP contribution in [0.25, 0.3) is 0 Å². The molecule has 0 unspecified atom stereocenters. The Kier molecular flexibility index (Phi) is 5.55. The number of aliphatic hydroxyl groups excluding tert-OH is 2. The van der Waals surface area contributed by atoms with E-state index in [2.05, 4.69) is 0 Å². The van der Waals surface area contributed by atoms with Gasteiger partial charge in [-0.3, -0.25) is 9.59 Å². The number of carboxylic acids is 2. The number of carboxylic acid groups (broad SMARTS) is 2. The zero-order valence-corrected chi connectivity index (χ0v) is 10.2. The fourth-order valence-electron chi connectivity index (χ4n) is 2.36. The molecule has 0 bridgehead atoms. The van der Waals surface area contributed by atoms with E-state index < -0.39 is 11.9 Å². The van der Waals surface area contributed by atoms with Gasteiger partial charge in [-0.15, -0.1) is 0 Å². The van der Waals surface area contributed by atoms with E-state index in [1.54, 1.807) is 0 Å². The van der Waals surface area contributed by atoms with Crippen LogP contribution in [0.2, 0.25) is 0 Å². The Labute approximate surface area is 105 Å². The highest BCUT2D eigenvalue weighted by Crippen LogP contribution is 2.25. The van der Waals surface area contributed by atoms with E-state index in [0.29, 0.717) is 38.5 Å².